The molecule has 0 aliphatic heterocycles. The normalized spacial score (nSPS) is 12.8. The molecule has 0 aromatic heterocycles. The minimum atomic E-state index is -0.666. The fourth-order valence-corrected chi connectivity index (χ4v) is 10.9. The van der Waals surface area contributed by atoms with Gasteiger partial charge >= 0.3 is 5.97 Å². The van der Waals surface area contributed by atoms with Crippen LogP contribution in [-0.2, 0) is 14.3 Å². The number of ether oxygens (including phenoxy) is 1. The Labute approximate surface area is 493 Å². The highest BCUT2D eigenvalue weighted by Gasteiger charge is 2.20. The summed E-state index contributed by atoms with van der Waals surface area (Å²) in [5, 5.41) is 23.4. The van der Waals surface area contributed by atoms with Crippen LogP contribution in [0.25, 0.3) is 0 Å². The Kier molecular flexibility index (Phi) is 66.4. The molecule has 2 atom stereocenters. The highest BCUT2D eigenvalue weighted by Crippen LogP contribution is 2.18. The summed E-state index contributed by atoms with van der Waals surface area (Å²) < 4.78 is 5.48. The maximum Gasteiger partial charge on any atom is 0.305 e. The van der Waals surface area contributed by atoms with Gasteiger partial charge in [0, 0.05) is 12.8 Å². The Bertz CT molecular complexity index is 1320. The Morgan fingerprint density at radius 1 is 0.354 bits per heavy atom. The van der Waals surface area contributed by atoms with E-state index in [0.29, 0.717) is 25.9 Å². The van der Waals surface area contributed by atoms with Crippen molar-refractivity contribution in [1.29, 1.82) is 0 Å². The summed E-state index contributed by atoms with van der Waals surface area (Å²) in [4.78, 5) is 24.6. The van der Waals surface area contributed by atoms with Gasteiger partial charge in [-0.2, -0.15) is 0 Å². The number of hydrogen-bond donors (Lipinski definition) is 3. The molecule has 1 amide bonds. The number of aliphatic hydroxyl groups excluding tert-OH is 2. The van der Waals surface area contributed by atoms with Crippen molar-refractivity contribution in [2.24, 2.45) is 0 Å². The van der Waals surface area contributed by atoms with Crippen LogP contribution in [0, 0.1) is 0 Å². The molecule has 79 heavy (non-hydrogen) atoms. The number of hydrogen-bond acceptors (Lipinski definition) is 5. The van der Waals surface area contributed by atoms with E-state index in [2.05, 4.69) is 67.8 Å². The summed E-state index contributed by atoms with van der Waals surface area (Å²) in [5.74, 6) is -0.0348. The molecule has 6 heteroatoms. The van der Waals surface area contributed by atoms with Crippen molar-refractivity contribution in [1.82, 2.24) is 5.32 Å². The summed E-state index contributed by atoms with van der Waals surface area (Å²) in [6.45, 7) is 4.95. The maximum atomic E-state index is 12.5. The Hall–Kier alpha value is -2.18. The largest absolute Gasteiger partial charge is 0.466 e. The average Bonchev–Trinajstić information content (AvgIpc) is 3.45. The predicted molar refractivity (Wildman–Crippen MR) is 347 cm³/mol. The minimum Gasteiger partial charge on any atom is -0.466 e. The summed E-state index contributed by atoms with van der Waals surface area (Å²) in [6.07, 6.45) is 88.7. The van der Waals surface area contributed by atoms with Gasteiger partial charge in [-0.3, -0.25) is 9.59 Å². The molecular weight excluding hydrogens is 971 g/mol. The van der Waals surface area contributed by atoms with E-state index in [9.17, 15) is 19.8 Å². The van der Waals surface area contributed by atoms with Gasteiger partial charge in [0.1, 0.15) is 0 Å². The fourth-order valence-electron chi connectivity index (χ4n) is 10.9. The zero-order chi connectivity index (χ0) is 57.1. The van der Waals surface area contributed by atoms with Crippen LogP contribution in [0.2, 0.25) is 0 Å². The van der Waals surface area contributed by atoms with Gasteiger partial charge in [-0.25, -0.2) is 0 Å². The minimum absolute atomic E-state index is 0.00132. The molecule has 0 saturated carbocycles. The number of carbonyl (C=O) groups is 2. The van der Waals surface area contributed by atoms with E-state index < -0.39 is 12.1 Å². The van der Waals surface area contributed by atoms with Gasteiger partial charge in [-0.15, -0.1) is 0 Å². The summed E-state index contributed by atoms with van der Waals surface area (Å²) >= 11 is 0. The van der Waals surface area contributed by atoms with Gasteiger partial charge in [0.05, 0.1) is 25.4 Å². The Morgan fingerprint density at radius 3 is 0.975 bits per heavy atom. The second-order valence-electron chi connectivity index (χ2n) is 24.2. The Balaban J connectivity index is 3.41. The van der Waals surface area contributed by atoms with Crippen molar-refractivity contribution in [3.05, 3.63) is 48.6 Å². The smallest absolute Gasteiger partial charge is 0.305 e. The van der Waals surface area contributed by atoms with Gasteiger partial charge in [0.15, 0.2) is 0 Å². The molecule has 0 fully saturated rings. The molecule has 0 aromatic rings. The number of esters is 1. The van der Waals surface area contributed by atoms with Crippen LogP contribution >= 0.6 is 0 Å². The number of rotatable bonds is 66. The number of unbranched alkanes of at least 4 members (excludes halogenated alkanes) is 47. The SMILES string of the molecule is CCCCCC/C=C\C/C=C\CCCCCCCC(=O)OCCCCCCCCCCC/C=C\C/C=C\CCCCCCCCCCCCCCCC(=O)NC(CO)C(O)CCCCCCCCCCCCCCCCCCC. The summed E-state index contributed by atoms with van der Waals surface area (Å²) in [5.41, 5.74) is 0. The lowest BCUT2D eigenvalue weighted by molar-refractivity contribution is -0.143. The zero-order valence-electron chi connectivity index (χ0n) is 53.1. The molecule has 0 heterocycles. The maximum absolute atomic E-state index is 12.5. The monoisotopic (exact) mass is 1110 g/mol. The summed E-state index contributed by atoms with van der Waals surface area (Å²) in [6, 6.07) is -0.543. The molecule has 0 aromatic carbocycles. The van der Waals surface area contributed by atoms with Crippen molar-refractivity contribution >= 4 is 11.9 Å². The van der Waals surface area contributed by atoms with E-state index >= 15 is 0 Å². The molecule has 0 bridgehead atoms. The third kappa shape index (κ3) is 64.8. The zero-order valence-corrected chi connectivity index (χ0v) is 53.1. The molecule has 2 unspecified atom stereocenters. The number of nitrogens with one attached hydrogen (secondary N) is 1. The van der Waals surface area contributed by atoms with Crippen molar-refractivity contribution in [2.45, 2.75) is 392 Å². The van der Waals surface area contributed by atoms with E-state index in [-0.39, 0.29) is 18.5 Å². The van der Waals surface area contributed by atoms with Crippen molar-refractivity contribution in [2.75, 3.05) is 13.2 Å². The number of carbonyl (C=O) groups excluding carboxylic acids is 2. The van der Waals surface area contributed by atoms with Crippen LogP contribution in [0.4, 0.5) is 0 Å². The first-order chi connectivity index (χ1) is 39.0. The van der Waals surface area contributed by atoms with Crippen LogP contribution in [0.1, 0.15) is 380 Å². The molecule has 0 aliphatic carbocycles. The van der Waals surface area contributed by atoms with E-state index in [4.69, 9.17) is 4.74 Å². The highest BCUT2D eigenvalue weighted by molar-refractivity contribution is 5.76. The van der Waals surface area contributed by atoms with E-state index in [0.717, 1.165) is 57.8 Å². The molecule has 0 spiro atoms. The van der Waals surface area contributed by atoms with Gasteiger partial charge in [-0.05, 0) is 89.9 Å². The first-order valence-electron chi connectivity index (χ1n) is 35.4. The third-order valence-electron chi connectivity index (χ3n) is 16.4. The van der Waals surface area contributed by atoms with Crippen LogP contribution in [0.15, 0.2) is 48.6 Å². The quantitative estimate of drug-likeness (QED) is 0.0320. The fraction of sp³-hybridized carbons (Fsp3) is 0.863. The standard InChI is InChI=1S/C73H137NO5/c1-3-5-7-9-11-13-15-17-19-34-37-41-45-49-53-57-61-65-71(76)70(69-75)74-72(77)66-62-58-54-50-46-42-38-35-32-30-28-26-24-22-21-23-25-27-29-31-33-36-40-44-48-52-56-60-64-68-79-73(78)67-63-59-55-51-47-43-39-20-18-16-14-12-10-8-6-4-2/h14,16,20-21,23,27,29,39,70-71,75-76H,3-13,15,17-19,22,24-26,28,30-38,40-69H2,1-2H3,(H,74,77)/b16-14-,23-21-,29-27-,39-20-. The lowest BCUT2D eigenvalue weighted by Gasteiger charge is -2.22. The van der Waals surface area contributed by atoms with Gasteiger partial charge in [0.2, 0.25) is 5.91 Å². The lowest BCUT2D eigenvalue weighted by Crippen LogP contribution is -2.45. The number of aliphatic hydroxyl groups is 2. The van der Waals surface area contributed by atoms with Gasteiger partial charge < -0.3 is 20.3 Å². The number of amides is 1. The van der Waals surface area contributed by atoms with Crippen LogP contribution in [0.5, 0.6) is 0 Å². The molecule has 0 aliphatic rings. The third-order valence-corrected chi connectivity index (χ3v) is 16.4. The van der Waals surface area contributed by atoms with Gasteiger partial charge in [0.25, 0.3) is 0 Å². The van der Waals surface area contributed by atoms with Gasteiger partial charge in [-0.1, -0.05) is 326 Å². The molecule has 3 N–H and O–H groups in total. The predicted octanol–water partition coefficient (Wildman–Crippen LogP) is 22.9. The van der Waals surface area contributed by atoms with Crippen LogP contribution < -0.4 is 5.32 Å². The van der Waals surface area contributed by atoms with E-state index in [1.165, 1.54) is 289 Å². The first kappa shape index (κ1) is 76.8. The molecule has 0 rings (SSSR count). The van der Waals surface area contributed by atoms with Crippen molar-refractivity contribution in [3.8, 4) is 0 Å². The van der Waals surface area contributed by atoms with E-state index in [1.54, 1.807) is 0 Å². The van der Waals surface area contributed by atoms with E-state index in [1.807, 2.05) is 0 Å². The Morgan fingerprint density at radius 2 is 0.633 bits per heavy atom. The topological polar surface area (TPSA) is 95.9 Å². The second kappa shape index (κ2) is 68.3. The second-order valence-corrected chi connectivity index (χ2v) is 24.2. The van der Waals surface area contributed by atoms with Crippen LogP contribution in [0.3, 0.4) is 0 Å². The van der Waals surface area contributed by atoms with Crippen molar-refractivity contribution < 1.29 is 24.5 Å². The van der Waals surface area contributed by atoms with Crippen LogP contribution in [-0.4, -0.2) is 47.4 Å². The molecular formula is C73H137NO5. The van der Waals surface area contributed by atoms with Crippen molar-refractivity contribution in [3.63, 3.8) is 0 Å². The molecule has 0 saturated heterocycles. The summed E-state index contributed by atoms with van der Waals surface area (Å²) in [7, 11) is 0. The first-order valence-corrected chi connectivity index (χ1v) is 35.4. The molecule has 6 nitrogen and oxygen atoms in total. The molecule has 464 valence electrons. The molecule has 0 radical (unpaired) electrons. The number of allylic oxidation sites excluding steroid dienone is 8. The lowest BCUT2D eigenvalue weighted by atomic mass is 10.0. The average molecular weight is 1110 g/mol. The highest BCUT2D eigenvalue weighted by atomic mass is 16.5.